The Bertz CT molecular complexity index is 673. The lowest BCUT2D eigenvalue weighted by Gasteiger charge is -2.12. The summed E-state index contributed by atoms with van der Waals surface area (Å²) in [4.78, 5) is 4.41. The van der Waals surface area contributed by atoms with Crippen LogP contribution in [0.4, 0.5) is 8.78 Å². The van der Waals surface area contributed by atoms with E-state index in [4.69, 9.17) is 4.42 Å². The van der Waals surface area contributed by atoms with Crippen LogP contribution in [0.2, 0.25) is 0 Å². The van der Waals surface area contributed by atoms with Gasteiger partial charge in [0.2, 0.25) is 0 Å². The van der Waals surface area contributed by atoms with Crippen molar-refractivity contribution in [3.05, 3.63) is 66.6 Å². The van der Waals surface area contributed by atoms with E-state index in [0.717, 1.165) is 5.76 Å². The van der Waals surface area contributed by atoms with Crippen LogP contribution in [-0.4, -0.2) is 25.7 Å². The lowest BCUT2D eigenvalue weighted by Crippen LogP contribution is -2.38. The van der Waals surface area contributed by atoms with E-state index in [1.807, 2.05) is 12.1 Å². The second-order valence-corrected chi connectivity index (χ2v) is 5.08. The van der Waals surface area contributed by atoms with Gasteiger partial charge in [0.25, 0.3) is 0 Å². The third kappa shape index (κ3) is 6.66. The van der Waals surface area contributed by atoms with Gasteiger partial charge in [-0.2, -0.15) is 8.78 Å². The molecule has 0 saturated carbocycles. The van der Waals surface area contributed by atoms with Crippen LogP contribution in [0, 0.1) is 0 Å². The molecule has 2 N–H and O–H groups in total. The third-order valence-corrected chi connectivity index (χ3v) is 3.25. The minimum Gasteiger partial charge on any atom is -0.469 e. The smallest absolute Gasteiger partial charge is 0.387 e. The Balaban J connectivity index is 1.97. The molecule has 1 aromatic carbocycles. The molecule has 0 unspecified atom stereocenters. The van der Waals surface area contributed by atoms with Crippen LogP contribution in [0.25, 0.3) is 0 Å². The van der Waals surface area contributed by atoms with Gasteiger partial charge in [0, 0.05) is 25.1 Å². The molecule has 5 nitrogen and oxygen atoms in total. The quantitative estimate of drug-likeness (QED) is 0.414. The first-order valence-corrected chi connectivity index (χ1v) is 7.87. The molecule has 0 aliphatic rings. The zero-order valence-electron chi connectivity index (χ0n) is 13.8. The molecule has 2 rings (SSSR count). The van der Waals surface area contributed by atoms with Crippen molar-refractivity contribution in [3.63, 3.8) is 0 Å². The monoisotopic (exact) mass is 349 g/mol. The van der Waals surface area contributed by atoms with Crippen LogP contribution in [0.3, 0.4) is 0 Å². The predicted molar refractivity (Wildman–Crippen MR) is 92.8 cm³/mol. The van der Waals surface area contributed by atoms with Gasteiger partial charge in [0.15, 0.2) is 5.96 Å². The number of rotatable bonds is 9. The van der Waals surface area contributed by atoms with Crippen LogP contribution in [0.1, 0.15) is 11.3 Å². The van der Waals surface area contributed by atoms with Gasteiger partial charge in [-0.25, -0.2) is 4.99 Å². The SMILES string of the molecule is C=CCNC(=NCc1ccccc1OC(F)F)NCCc1ccco1. The van der Waals surface area contributed by atoms with Gasteiger partial charge in [0.05, 0.1) is 12.8 Å². The molecule has 0 spiro atoms. The van der Waals surface area contributed by atoms with Crippen molar-refractivity contribution in [1.82, 2.24) is 10.6 Å². The number of ether oxygens (including phenoxy) is 1. The van der Waals surface area contributed by atoms with Crippen molar-refractivity contribution in [2.24, 2.45) is 4.99 Å². The maximum atomic E-state index is 12.5. The molecule has 0 amide bonds. The highest BCUT2D eigenvalue weighted by Crippen LogP contribution is 2.20. The van der Waals surface area contributed by atoms with Crippen LogP contribution < -0.4 is 15.4 Å². The maximum absolute atomic E-state index is 12.5. The summed E-state index contributed by atoms with van der Waals surface area (Å²) < 4.78 is 34.7. The normalized spacial score (nSPS) is 11.4. The fourth-order valence-corrected chi connectivity index (χ4v) is 2.11. The number of halogens is 2. The molecule has 0 aliphatic carbocycles. The number of guanidine groups is 1. The van der Waals surface area contributed by atoms with E-state index < -0.39 is 6.61 Å². The summed E-state index contributed by atoms with van der Waals surface area (Å²) >= 11 is 0. The second-order valence-electron chi connectivity index (χ2n) is 5.08. The molecule has 0 atom stereocenters. The molecule has 1 heterocycles. The molecule has 25 heavy (non-hydrogen) atoms. The third-order valence-electron chi connectivity index (χ3n) is 3.25. The highest BCUT2D eigenvalue weighted by atomic mass is 19.3. The molecule has 0 saturated heterocycles. The Kier molecular flexibility index (Phi) is 7.49. The average molecular weight is 349 g/mol. The van der Waals surface area contributed by atoms with E-state index in [1.54, 1.807) is 30.5 Å². The van der Waals surface area contributed by atoms with Crippen molar-refractivity contribution < 1.29 is 17.9 Å². The van der Waals surface area contributed by atoms with Crippen molar-refractivity contribution in [1.29, 1.82) is 0 Å². The number of hydrogen-bond acceptors (Lipinski definition) is 3. The number of hydrogen-bond donors (Lipinski definition) is 2. The minimum atomic E-state index is -2.87. The van der Waals surface area contributed by atoms with Gasteiger partial charge in [-0.3, -0.25) is 0 Å². The fraction of sp³-hybridized carbons (Fsp3) is 0.278. The number of aliphatic imine (C=N–C) groups is 1. The molecule has 7 heteroatoms. The number of furan rings is 1. The van der Waals surface area contributed by atoms with E-state index in [0.29, 0.717) is 31.0 Å². The average Bonchev–Trinajstić information content (AvgIpc) is 3.11. The van der Waals surface area contributed by atoms with Crippen molar-refractivity contribution >= 4 is 5.96 Å². The summed E-state index contributed by atoms with van der Waals surface area (Å²) in [6.45, 7) is 2.14. The van der Waals surface area contributed by atoms with Gasteiger partial charge in [-0.15, -0.1) is 6.58 Å². The Morgan fingerprint density at radius 1 is 1.24 bits per heavy atom. The van der Waals surface area contributed by atoms with Crippen molar-refractivity contribution in [3.8, 4) is 5.75 Å². The first-order valence-electron chi connectivity index (χ1n) is 7.87. The fourth-order valence-electron chi connectivity index (χ4n) is 2.11. The highest BCUT2D eigenvalue weighted by molar-refractivity contribution is 5.79. The van der Waals surface area contributed by atoms with E-state index >= 15 is 0 Å². The molecular weight excluding hydrogens is 328 g/mol. The van der Waals surface area contributed by atoms with Crippen molar-refractivity contribution in [2.45, 2.75) is 19.6 Å². The number of nitrogens with one attached hydrogen (secondary N) is 2. The molecule has 134 valence electrons. The zero-order chi connectivity index (χ0) is 17.9. The molecule has 0 bridgehead atoms. The van der Waals surface area contributed by atoms with E-state index in [2.05, 4.69) is 26.9 Å². The van der Waals surface area contributed by atoms with Gasteiger partial charge < -0.3 is 19.8 Å². The first kappa shape index (κ1) is 18.5. The lowest BCUT2D eigenvalue weighted by molar-refractivity contribution is -0.0504. The Morgan fingerprint density at radius 2 is 2.08 bits per heavy atom. The summed E-state index contributed by atoms with van der Waals surface area (Å²) in [7, 11) is 0. The molecule has 1 aromatic heterocycles. The van der Waals surface area contributed by atoms with E-state index in [-0.39, 0.29) is 12.3 Å². The lowest BCUT2D eigenvalue weighted by atomic mass is 10.2. The Hall–Kier alpha value is -2.83. The van der Waals surface area contributed by atoms with Crippen LogP contribution >= 0.6 is 0 Å². The summed E-state index contributed by atoms with van der Waals surface area (Å²) in [5, 5.41) is 6.25. The molecule has 0 aliphatic heterocycles. The molecule has 2 aromatic rings. The minimum absolute atomic E-state index is 0.125. The Morgan fingerprint density at radius 3 is 2.80 bits per heavy atom. The van der Waals surface area contributed by atoms with Crippen LogP contribution in [-0.2, 0) is 13.0 Å². The standard InChI is InChI=1S/C18H21F2N3O2/c1-2-10-21-18(22-11-9-15-7-5-12-24-15)23-13-14-6-3-4-8-16(14)25-17(19)20/h2-8,12,17H,1,9-11,13H2,(H2,21,22,23). The number of nitrogens with zero attached hydrogens (tertiary/aromatic N) is 1. The topological polar surface area (TPSA) is 58.8 Å². The van der Waals surface area contributed by atoms with E-state index in [9.17, 15) is 8.78 Å². The number of alkyl halides is 2. The first-order chi connectivity index (χ1) is 12.2. The summed E-state index contributed by atoms with van der Waals surface area (Å²) in [6, 6.07) is 10.3. The van der Waals surface area contributed by atoms with Crippen molar-refractivity contribution in [2.75, 3.05) is 13.1 Å². The summed E-state index contributed by atoms with van der Waals surface area (Å²) in [6.07, 6.45) is 4.03. The predicted octanol–water partition coefficient (Wildman–Crippen LogP) is 3.34. The van der Waals surface area contributed by atoms with Gasteiger partial charge in [-0.1, -0.05) is 24.3 Å². The van der Waals surface area contributed by atoms with Crippen LogP contribution in [0.15, 0.2) is 64.7 Å². The molecular formula is C18H21F2N3O2. The number of benzene rings is 1. The molecule has 0 radical (unpaired) electrons. The van der Waals surface area contributed by atoms with Gasteiger partial charge >= 0.3 is 6.61 Å². The summed E-state index contributed by atoms with van der Waals surface area (Å²) in [5.74, 6) is 1.55. The van der Waals surface area contributed by atoms with E-state index in [1.165, 1.54) is 6.07 Å². The Labute approximate surface area is 145 Å². The second kappa shape index (κ2) is 10.1. The van der Waals surface area contributed by atoms with Gasteiger partial charge in [-0.05, 0) is 18.2 Å². The number of para-hydroxylation sites is 1. The van der Waals surface area contributed by atoms with Crippen LogP contribution in [0.5, 0.6) is 5.75 Å². The highest BCUT2D eigenvalue weighted by Gasteiger charge is 2.09. The maximum Gasteiger partial charge on any atom is 0.387 e. The largest absolute Gasteiger partial charge is 0.469 e. The van der Waals surface area contributed by atoms with Gasteiger partial charge in [0.1, 0.15) is 11.5 Å². The molecule has 0 fully saturated rings. The zero-order valence-corrected chi connectivity index (χ0v) is 13.8. The summed E-state index contributed by atoms with van der Waals surface area (Å²) in [5.41, 5.74) is 0.577.